The van der Waals surface area contributed by atoms with Gasteiger partial charge in [0.1, 0.15) is 0 Å². The van der Waals surface area contributed by atoms with E-state index in [1.54, 1.807) is 18.8 Å². The highest BCUT2D eigenvalue weighted by molar-refractivity contribution is 9.25. The van der Waals surface area contributed by atoms with E-state index in [4.69, 9.17) is 0 Å². The first-order valence-corrected chi connectivity index (χ1v) is 3.68. The Morgan fingerprint density at radius 3 is 2.75 bits per heavy atom. The Bertz CT molecular complexity index is 68.9. The van der Waals surface area contributed by atoms with Crippen molar-refractivity contribution in [1.82, 2.24) is 14.0 Å². The molecule has 0 spiro atoms. The second-order valence-electron chi connectivity index (χ2n) is 1.29. The average Bonchev–Trinajstić information content (AvgIpc) is 1.77. The summed E-state index contributed by atoms with van der Waals surface area (Å²) < 4.78 is 1.78. The number of rotatable bonds is 0. The van der Waals surface area contributed by atoms with Crippen molar-refractivity contribution < 1.29 is 0 Å². The molecule has 0 aromatic heterocycles. The summed E-state index contributed by atoms with van der Waals surface area (Å²) in [6.45, 7) is 0. The first-order chi connectivity index (χ1) is 3.80. The predicted octanol–water partition coefficient (Wildman–Crippen LogP) is -0.761. The maximum absolute atomic E-state index is 3.32. The zero-order valence-electron chi connectivity index (χ0n) is 3.94. The molecule has 8 heteroatoms. The minimum absolute atomic E-state index is 0.142. The van der Waals surface area contributed by atoms with Crippen molar-refractivity contribution in [3.05, 3.63) is 0 Å². The molecular formula is H2B3Br2N3. The molecule has 2 N–H and O–H groups in total. The molecule has 1 saturated heterocycles. The lowest BCUT2D eigenvalue weighted by Crippen LogP contribution is -2.58. The summed E-state index contributed by atoms with van der Waals surface area (Å²) in [7, 11) is 3.53. The lowest BCUT2D eigenvalue weighted by molar-refractivity contribution is 1.07. The number of hydrogen-bond donors (Lipinski definition) is 2. The molecule has 1 rings (SSSR count). The normalized spacial score (nSPS) is 22.0. The van der Waals surface area contributed by atoms with Crippen LogP contribution in [0.1, 0.15) is 0 Å². The SMILES string of the molecule is BrB1N[B]N[B]N1Br. The summed E-state index contributed by atoms with van der Waals surface area (Å²) in [5.74, 6) is 0.142. The Balaban J connectivity index is 2.28. The largest absolute Gasteiger partial charge is 0.378 e. The molecule has 0 saturated carbocycles. The van der Waals surface area contributed by atoms with E-state index in [-0.39, 0.29) is 5.81 Å². The zero-order chi connectivity index (χ0) is 5.98. The molecule has 0 aromatic carbocycles. The van der Waals surface area contributed by atoms with Crippen molar-refractivity contribution in [3.63, 3.8) is 0 Å². The van der Waals surface area contributed by atoms with E-state index < -0.39 is 0 Å². The highest BCUT2D eigenvalue weighted by atomic mass is 79.9. The molecule has 8 heavy (non-hydrogen) atoms. The quantitative estimate of drug-likeness (QED) is 0.428. The highest BCUT2D eigenvalue weighted by Crippen LogP contribution is 2.03. The van der Waals surface area contributed by atoms with E-state index in [2.05, 4.69) is 42.2 Å². The van der Waals surface area contributed by atoms with Crippen molar-refractivity contribution in [1.29, 1.82) is 0 Å². The molecule has 40 valence electrons. The van der Waals surface area contributed by atoms with Crippen LogP contribution < -0.4 is 10.3 Å². The Morgan fingerprint density at radius 1 is 1.62 bits per heavy atom. The molecule has 0 atom stereocenters. The lowest BCUT2D eigenvalue weighted by Gasteiger charge is -2.22. The number of hydrogen-bond acceptors (Lipinski definition) is 3. The third kappa shape index (κ3) is 1.77. The Kier molecular flexibility index (Phi) is 2.92. The molecule has 2 radical (unpaired) electrons. The fourth-order valence-electron chi connectivity index (χ4n) is 0.362. The topological polar surface area (TPSA) is 27.3 Å². The van der Waals surface area contributed by atoms with E-state index in [0.29, 0.717) is 0 Å². The summed E-state index contributed by atoms with van der Waals surface area (Å²) in [6, 6.07) is 0. The van der Waals surface area contributed by atoms with Crippen molar-refractivity contribution >= 4 is 52.8 Å². The molecule has 1 aliphatic heterocycles. The van der Waals surface area contributed by atoms with Crippen LogP contribution in [0.25, 0.3) is 0 Å². The van der Waals surface area contributed by atoms with Gasteiger partial charge in [-0.05, 0) is 16.1 Å². The average molecular weight is 236 g/mol. The van der Waals surface area contributed by atoms with Crippen LogP contribution in [-0.4, -0.2) is 24.7 Å². The summed E-state index contributed by atoms with van der Waals surface area (Å²) >= 11 is 6.56. The van der Waals surface area contributed by atoms with Crippen molar-refractivity contribution in [3.8, 4) is 0 Å². The lowest BCUT2D eigenvalue weighted by atomic mass is 9.85. The number of halogens is 2. The van der Waals surface area contributed by atoms with Gasteiger partial charge in [0.2, 0.25) is 0 Å². The predicted molar refractivity (Wildman–Crippen MR) is 43.2 cm³/mol. The standard InChI is InChI=1S/B3Br2H2N3/c4-3-7-1-6-2-8(3)5/h6-7H. The third-order valence-electron chi connectivity index (χ3n) is 0.719. The first kappa shape index (κ1) is 7.15. The first-order valence-electron chi connectivity index (χ1n) is 2.06. The molecule has 1 aliphatic rings. The molecule has 0 bridgehead atoms. The van der Waals surface area contributed by atoms with E-state index in [0.717, 1.165) is 0 Å². The van der Waals surface area contributed by atoms with Gasteiger partial charge < -0.3 is 10.3 Å². The van der Waals surface area contributed by atoms with Crippen molar-refractivity contribution in [2.75, 3.05) is 0 Å². The van der Waals surface area contributed by atoms with Gasteiger partial charge in [-0.25, -0.2) is 0 Å². The monoisotopic (exact) mass is 235 g/mol. The minimum atomic E-state index is 0.142. The fraction of sp³-hybridized carbons (Fsp3) is 0. The van der Waals surface area contributed by atoms with Crippen molar-refractivity contribution in [2.24, 2.45) is 0 Å². The smallest absolute Gasteiger partial charge is 0.376 e. The Morgan fingerprint density at radius 2 is 2.38 bits per heavy atom. The van der Waals surface area contributed by atoms with Crippen LogP contribution >= 0.6 is 31.9 Å². The molecule has 3 nitrogen and oxygen atoms in total. The zero-order valence-corrected chi connectivity index (χ0v) is 7.11. The number of nitrogens with one attached hydrogen (secondary N) is 2. The maximum atomic E-state index is 3.32. The van der Waals surface area contributed by atoms with Gasteiger partial charge in [-0.15, -0.1) is 15.8 Å². The molecule has 1 heterocycles. The molecule has 1 fully saturated rings. The van der Waals surface area contributed by atoms with E-state index in [1.165, 1.54) is 0 Å². The highest BCUT2D eigenvalue weighted by Gasteiger charge is 2.22. The van der Waals surface area contributed by atoms with Gasteiger partial charge >= 0.3 is 5.81 Å². The summed E-state index contributed by atoms with van der Waals surface area (Å²) in [4.78, 5) is 0. The van der Waals surface area contributed by atoms with Gasteiger partial charge in [0.05, 0.1) is 0 Å². The molecule has 0 aromatic rings. The van der Waals surface area contributed by atoms with Crippen LogP contribution in [0.5, 0.6) is 0 Å². The second-order valence-corrected chi connectivity index (χ2v) is 2.97. The van der Waals surface area contributed by atoms with Crippen LogP contribution in [0.3, 0.4) is 0 Å². The van der Waals surface area contributed by atoms with Gasteiger partial charge in [0.25, 0.3) is 15.1 Å². The number of nitrogens with zero attached hydrogens (tertiary/aromatic N) is 1. The van der Waals surface area contributed by atoms with Crippen LogP contribution in [0.2, 0.25) is 0 Å². The maximum Gasteiger partial charge on any atom is 0.376 e. The van der Waals surface area contributed by atoms with Gasteiger partial charge in [0.15, 0.2) is 0 Å². The van der Waals surface area contributed by atoms with Gasteiger partial charge in [0, 0.05) is 0 Å². The van der Waals surface area contributed by atoms with Crippen molar-refractivity contribution in [2.45, 2.75) is 0 Å². The summed E-state index contributed by atoms with van der Waals surface area (Å²) in [5.41, 5.74) is 0. The van der Waals surface area contributed by atoms with E-state index >= 15 is 0 Å². The van der Waals surface area contributed by atoms with Crippen LogP contribution in [0.4, 0.5) is 0 Å². The van der Waals surface area contributed by atoms with E-state index in [9.17, 15) is 0 Å². The van der Waals surface area contributed by atoms with Gasteiger partial charge in [-0.2, -0.15) is 0 Å². The van der Waals surface area contributed by atoms with Crippen LogP contribution in [-0.2, 0) is 0 Å². The van der Waals surface area contributed by atoms with E-state index in [1.807, 2.05) is 0 Å². The molecule has 0 aliphatic carbocycles. The Hall–Kier alpha value is 1.03. The van der Waals surface area contributed by atoms with Gasteiger partial charge in [-0.3, -0.25) is 3.75 Å². The third-order valence-corrected chi connectivity index (χ3v) is 2.59. The molecular weight excluding hydrogens is 234 g/mol. The second kappa shape index (κ2) is 3.27. The molecule has 0 unspecified atom stereocenters. The summed E-state index contributed by atoms with van der Waals surface area (Å²) in [6.07, 6.45) is 0. The summed E-state index contributed by atoms with van der Waals surface area (Å²) in [5, 5.41) is 5.81. The van der Waals surface area contributed by atoms with Crippen LogP contribution in [0.15, 0.2) is 0 Å². The molecule has 0 amide bonds. The van der Waals surface area contributed by atoms with Crippen LogP contribution in [0, 0.1) is 0 Å². The Labute approximate surface area is 66.9 Å². The van der Waals surface area contributed by atoms with Gasteiger partial charge in [-0.1, -0.05) is 0 Å². The minimum Gasteiger partial charge on any atom is -0.378 e. The fourth-order valence-corrected chi connectivity index (χ4v) is 0.849.